The van der Waals surface area contributed by atoms with Gasteiger partial charge in [0.25, 0.3) is 5.91 Å². The van der Waals surface area contributed by atoms with Gasteiger partial charge in [0.15, 0.2) is 0 Å². The highest BCUT2D eigenvalue weighted by Gasteiger charge is 2.23. The highest BCUT2D eigenvalue weighted by molar-refractivity contribution is 9.09. The van der Waals surface area contributed by atoms with Gasteiger partial charge in [-0.05, 0) is 43.4 Å². The molecule has 1 saturated carbocycles. The topological polar surface area (TPSA) is 38.3 Å². The van der Waals surface area contributed by atoms with E-state index < -0.39 is 0 Å². The first-order valence-electron chi connectivity index (χ1n) is 6.36. The van der Waals surface area contributed by atoms with E-state index in [1.54, 1.807) is 18.2 Å². The largest absolute Gasteiger partial charge is 0.496 e. The number of alkyl halides is 1. The van der Waals surface area contributed by atoms with Crippen molar-refractivity contribution in [2.24, 2.45) is 5.92 Å². The summed E-state index contributed by atoms with van der Waals surface area (Å²) >= 11 is 9.49. The van der Waals surface area contributed by atoms with Crippen LogP contribution in [0.1, 0.15) is 29.6 Å². The van der Waals surface area contributed by atoms with Gasteiger partial charge in [-0.1, -0.05) is 27.5 Å². The SMILES string of the molecule is COc1cc(Cl)ccc1C(=O)NCC1CCC(Br)C1. The van der Waals surface area contributed by atoms with Gasteiger partial charge in [-0.3, -0.25) is 4.79 Å². The number of halogens is 2. The summed E-state index contributed by atoms with van der Waals surface area (Å²) in [5.74, 6) is 0.966. The molecular formula is C14H17BrClNO2. The number of nitrogens with one attached hydrogen (secondary N) is 1. The van der Waals surface area contributed by atoms with E-state index in [0.29, 0.717) is 33.6 Å². The smallest absolute Gasteiger partial charge is 0.255 e. The number of hydrogen-bond acceptors (Lipinski definition) is 2. The van der Waals surface area contributed by atoms with Crippen LogP contribution >= 0.6 is 27.5 Å². The molecule has 1 aromatic rings. The van der Waals surface area contributed by atoms with E-state index in [0.717, 1.165) is 12.8 Å². The molecule has 0 bridgehead atoms. The van der Waals surface area contributed by atoms with Gasteiger partial charge in [-0.25, -0.2) is 0 Å². The summed E-state index contributed by atoms with van der Waals surface area (Å²) in [5, 5.41) is 3.53. The molecular weight excluding hydrogens is 330 g/mol. The highest BCUT2D eigenvalue weighted by Crippen LogP contribution is 2.30. The normalized spacial score (nSPS) is 22.3. The van der Waals surface area contributed by atoms with Crippen molar-refractivity contribution >= 4 is 33.4 Å². The minimum Gasteiger partial charge on any atom is -0.496 e. The van der Waals surface area contributed by atoms with Crippen LogP contribution in [0, 0.1) is 5.92 Å². The minimum absolute atomic E-state index is 0.105. The summed E-state index contributed by atoms with van der Waals surface area (Å²) in [4.78, 5) is 12.7. The summed E-state index contributed by atoms with van der Waals surface area (Å²) in [6.07, 6.45) is 3.47. The fourth-order valence-corrected chi connectivity index (χ4v) is 3.34. The van der Waals surface area contributed by atoms with Crippen molar-refractivity contribution in [3.05, 3.63) is 28.8 Å². The number of ether oxygens (including phenoxy) is 1. The summed E-state index contributed by atoms with van der Waals surface area (Å²) in [6, 6.07) is 5.04. The van der Waals surface area contributed by atoms with Crippen molar-refractivity contribution in [2.45, 2.75) is 24.1 Å². The maximum atomic E-state index is 12.1. The molecule has 1 fully saturated rings. The predicted molar refractivity (Wildman–Crippen MR) is 80.4 cm³/mol. The molecule has 1 amide bonds. The first-order chi connectivity index (χ1) is 9.10. The van der Waals surface area contributed by atoms with Gasteiger partial charge in [-0.2, -0.15) is 0 Å². The molecule has 104 valence electrons. The maximum Gasteiger partial charge on any atom is 0.255 e. The third-order valence-electron chi connectivity index (χ3n) is 3.44. The number of carbonyl (C=O) groups excluding carboxylic acids is 1. The lowest BCUT2D eigenvalue weighted by Crippen LogP contribution is -2.28. The van der Waals surface area contributed by atoms with E-state index in [9.17, 15) is 4.79 Å². The van der Waals surface area contributed by atoms with Crippen molar-refractivity contribution in [1.82, 2.24) is 5.32 Å². The Hall–Kier alpha value is -0.740. The Morgan fingerprint density at radius 1 is 1.53 bits per heavy atom. The number of rotatable bonds is 4. The van der Waals surface area contributed by atoms with Crippen molar-refractivity contribution in [3.63, 3.8) is 0 Å². The third kappa shape index (κ3) is 3.86. The van der Waals surface area contributed by atoms with E-state index in [1.165, 1.54) is 13.5 Å². The van der Waals surface area contributed by atoms with Gasteiger partial charge >= 0.3 is 0 Å². The minimum atomic E-state index is -0.105. The average molecular weight is 347 g/mol. The molecule has 0 heterocycles. The van der Waals surface area contributed by atoms with Gasteiger partial charge in [0.1, 0.15) is 5.75 Å². The maximum absolute atomic E-state index is 12.1. The predicted octanol–water partition coefficient (Wildman–Crippen LogP) is 3.64. The lowest BCUT2D eigenvalue weighted by molar-refractivity contribution is 0.0944. The Bertz CT molecular complexity index is 467. The Morgan fingerprint density at radius 2 is 2.32 bits per heavy atom. The Kier molecular flexibility index (Phi) is 5.11. The molecule has 0 aliphatic heterocycles. The zero-order valence-corrected chi connectivity index (χ0v) is 13.1. The van der Waals surface area contributed by atoms with Crippen LogP contribution in [0.15, 0.2) is 18.2 Å². The Balaban J connectivity index is 1.96. The number of amides is 1. The van der Waals surface area contributed by atoms with E-state index in [-0.39, 0.29) is 5.91 Å². The lowest BCUT2D eigenvalue weighted by Gasteiger charge is -2.13. The van der Waals surface area contributed by atoms with Crippen molar-refractivity contribution < 1.29 is 9.53 Å². The molecule has 1 aromatic carbocycles. The zero-order chi connectivity index (χ0) is 13.8. The van der Waals surface area contributed by atoms with Crippen LogP contribution < -0.4 is 10.1 Å². The van der Waals surface area contributed by atoms with Crippen LogP contribution in [0.4, 0.5) is 0 Å². The monoisotopic (exact) mass is 345 g/mol. The molecule has 0 radical (unpaired) electrons. The van der Waals surface area contributed by atoms with Crippen LogP contribution in [-0.2, 0) is 0 Å². The fraction of sp³-hybridized carbons (Fsp3) is 0.500. The second-order valence-electron chi connectivity index (χ2n) is 4.83. The standard InChI is InChI=1S/C14H17BrClNO2/c1-19-13-7-11(16)4-5-12(13)14(18)17-8-9-2-3-10(15)6-9/h4-5,7,9-10H,2-3,6,8H2,1H3,(H,17,18). The molecule has 5 heteroatoms. The number of benzene rings is 1. The molecule has 2 atom stereocenters. The molecule has 3 nitrogen and oxygen atoms in total. The molecule has 1 N–H and O–H groups in total. The first kappa shape index (κ1) is 14.7. The fourth-order valence-electron chi connectivity index (χ4n) is 2.38. The molecule has 0 aromatic heterocycles. The third-order valence-corrected chi connectivity index (χ3v) is 4.50. The number of methoxy groups -OCH3 is 1. The second kappa shape index (κ2) is 6.62. The van der Waals surface area contributed by atoms with Gasteiger partial charge < -0.3 is 10.1 Å². The van der Waals surface area contributed by atoms with Crippen molar-refractivity contribution in [2.75, 3.05) is 13.7 Å². The second-order valence-corrected chi connectivity index (χ2v) is 6.56. The van der Waals surface area contributed by atoms with Crippen LogP contribution in [0.5, 0.6) is 5.75 Å². The van der Waals surface area contributed by atoms with E-state index in [4.69, 9.17) is 16.3 Å². The summed E-state index contributed by atoms with van der Waals surface area (Å²) in [6.45, 7) is 0.715. The van der Waals surface area contributed by atoms with E-state index in [2.05, 4.69) is 21.2 Å². The molecule has 0 spiro atoms. The van der Waals surface area contributed by atoms with Gasteiger partial charge in [0.05, 0.1) is 12.7 Å². The van der Waals surface area contributed by atoms with Crippen molar-refractivity contribution in [3.8, 4) is 5.75 Å². The summed E-state index contributed by atoms with van der Waals surface area (Å²) < 4.78 is 5.18. The van der Waals surface area contributed by atoms with Crippen LogP contribution in [0.2, 0.25) is 5.02 Å². The van der Waals surface area contributed by atoms with Crippen molar-refractivity contribution in [1.29, 1.82) is 0 Å². The van der Waals surface area contributed by atoms with Gasteiger partial charge in [0, 0.05) is 16.4 Å². The van der Waals surface area contributed by atoms with Crippen LogP contribution in [0.3, 0.4) is 0 Å². The van der Waals surface area contributed by atoms with E-state index in [1.807, 2.05) is 0 Å². The average Bonchev–Trinajstić information content (AvgIpc) is 2.81. The van der Waals surface area contributed by atoms with Crippen LogP contribution in [0.25, 0.3) is 0 Å². The molecule has 19 heavy (non-hydrogen) atoms. The lowest BCUT2D eigenvalue weighted by atomic mass is 10.1. The van der Waals surface area contributed by atoms with Gasteiger partial charge in [-0.15, -0.1) is 0 Å². The molecule has 1 aliphatic carbocycles. The zero-order valence-electron chi connectivity index (χ0n) is 10.8. The highest BCUT2D eigenvalue weighted by atomic mass is 79.9. The Morgan fingerprint density at radius 3 is 2.95 bits per heavy atom. The first-order valence-corrected chi connectivity index (χ1v) is 7.65. The molecule has 1 aliphatic rings. The quantitative estimate of drug-likeness (QED) is 0.845. The molecule has 2 rings (SSSR count). The summed E-state index contributed by atoms with van der Waals surface area (Å²) in [5.41, 5.74) is 0.528. The Labute approximate surface area is 126 Å². The molecule has 2 unspecified atom stereocenters. The van der Waals surface area contributed by atoms with Crippen LogP contribution in [-0.4, -0.2) is 24.4 Å². The van der Waals surface area contributed by atoms with E-state index >= 15 is 0 Å². The van der Waals surface area contributed by atoms with Gasteiger partial charge in [0.2, 0.25) is 0 Å². The molecule has 0 saturated heterocycles. The number of carbonyl (C=O) groups is 1. The summed E-state index contributed by atoms with van der Waals surface area (Å²) in [7, 11) is 1.54. The number of hydrogen-bond donors (Lipinski definition) is 1.